The first kappa shape index (κ1) is 13.5. The van der Waals surface area contributed by atoms with Crippen molar-refractivity contribution >= 4 is 0 Å². The lowest BCUT2D eigenvalue weighted by Gasteiger charge is -2.37. The summed E-state index contributed by atoms with van der Waals surface area (Å²) in [5, 5.41) is 0. The van der Waals surface area contributed by atoms with Crippen LogP contribution in [-0.2, 0) is 4.74 Å². The lowest BCUT2D eigenvalue weighted by molar-refractivity contribution is -0.0333. The van der Waals surface area contributed by atoms with Gasteiger partial charge < -0.3 is 10.5 Å². The van der Waals surface area contributed by atoms with Crippen LogP contribution >= 0.6 is 0 Å². The summed E-state index contributed by atoms with van der Waals surface area (Å²) < 4.78 is 5.61. The first-order valence-corrected chi connectivity index (χ1v) is 6.74. The van der Waals surface area contributed by atoms with Gasteiger partial charge in [0, 0.05) is 25.7 Å². The van der Waals surface area contributed by atoms with Crippen LogP contribution in [-0.4, -0.2) is 37.2 Å². The monoisotopic (exact) mass is 248 g/mol. The number of hydrogen-bond acceptors (Lipinski definition) is 3. The molecule has 2 N–H and O–H groups in total. The molecular weight excluding hydrogens is 224 g/mol. The van der Waals surface area contributed by atoms with Crippen LogP contribution in [0.15, 0.2) is 18.2 Å². The normalized spacial score (nSPS) is 23.0. The molecule has 3 heteroatoms. The number of morpholine rings is 1. The molecule has 2 atom stereocenters. The van der Waals surface area contributed by atoms with Crippen molar-refractivity contribution in [2.24, 2.45) is 5.73 Å². The van der Waals surface area contributed by atoms with E-state index in [1.165, 1.54) is 16.7 Å². The molecule has 1 aromatic rings. The zero-order chi connectivity index (χ0) is 13.1. The largest absolute Gasteiger partial charge is 0.376 e. The van der Waals surface area contributed by atoms with E-state index in [0.29, 0.717) is 18.7 Å². The molecule has 0 spiro atoms. The van der Waals surface area contributed by atoms with E-state index in [9.17, 15) is 0 Å². The number of nitrogens with zero attached hydrogens (tertiary/aromatic N) is 1. The van der Waals surface area contributed by atoms with Gasteiger partial charge in [-0.3, -0.25) is 4.90 Å². The SMILES string of the molecule is Cc1ccc(C)c(C(CN)N2CCOC(C)C2)c1. The van der Waals surface area contributed by atoms with Crippen molar-refractivity contribution in [3.05, 3.63) is 34.9 Å². The van der Waals surface area contributed by atoms with Gasteiger partial charge in [0.05, 0.1) is 12.7 Å². The molecule has 0 saturated carbocycles. The maximum atomic E-state index is 6.02. The summed E-state index contributed by atoms with van der Waals surface area (Å²) in [6.07, 6.45) is 0.304. The Labute approximate surface area is 110 Å². The third kappa shape index (κ3) is 2.91. The lowest BCUT2D eigenvalue weighted by atomic mass is 9.97. The minimum atomic E-state index is 0.304. The Morgan fingerprint density at radius 1 is 1.44 bits per heavy atom. The van der Waals surface area contributed by atoms with Crippen molar-refractivity contribution in [2.45, 2.75) is 32.9 Å². The molecule has 100 valence electrons. The fourth-order valence-electron chi connectivity index (χ4n) is 2.72. The van der Waals surface area contributed by atoms with Crippen LogP contribution in [0.4, 0.5) is 0 Å². The Hall–Kier alpha value is -0.900. The van der Waals surface area contributed by atoms with Crippen LogP contribution in [0.3, 0.4) is 0 Å². The van der Waals surface area contributed by atoms with E-state index in [2.05, 4.69) is 43.9 Å². The number of ether oxygens (including phenoxy) is 1. The third-order valence-corrected chi connectivity index (χ3v) is 3.73. The smallest absolute Gasteiger partial charge is 0.0674 e. The lowest BCUT2D eigenvalue weighted by Crippen LogP contribution is -2.45. The summed E-state index contributed by atoms with van der Waals surface area (Å²) in [7, 11) is 0. The van der Waals surface area contributed by atoms with Gasteiger partial charge in [0.2, 0.25) is 0 Å². The van der Waals surface area contributed by atoms with Gasteiger partial charge >= 0.3 is 0 Å². The van der Waals surface area contributed by atoms with Gasteiger partial charge in [0.25, 0.3) is 0 Å². The van der Waals surface area contributed by atoms with Crippen molar-refractivity contribution in [3.8, 4) is 0 Å². The molecule has 1 aliphatic heterocycles. The molecule has 2 rings (SSSR count). The second-order valence-electron chi connectivity index (χ2n) is 5.29. The molecule has 1 heterocycles. The molecule has 0 aromatic heterocycles. The summed E-state index contributed by atoms with van der Waals surface area (Å²) in [5.74, 6) is 0. The zero-order valence-electron chi connectivity index (χ0n) is 11.6. The fraction of sp³-hybridized carbons (Fsp3) is 0.600. The number of hydrogen-bond donors (Lipinski definition) is 1. The second kappa shape index (κ2) is 5.83. The van der Waals surface area contributed by atoms with Crippen molar-refractivity contribution in [1.82, 2.24) is 4.90 Å². The first-order chi connectivity index (χ1) is 8.61. The highest BCUT2D eigenvalue weighted by Crippen LogP contribution is 2.25. The van der Waals surface area contributed by atoms with E-state index in [0.717, 1.165) is 19.7 Å². The van der Waals surface area contributed by atoms with Crippen LogP contribution in [0.2, 0.25) is 0 Å². The van der Waals surface area contributed by atoms with E-state index < -0.39 is 0 Å². The van der Waals surface area contributed by atoms with Gasteiger partial charge in [-0.25, -0.2) is 0 Å². The van der Waals surface area contributed by atoms with E-state index in [1.54, 1.807) is 0 Å². The van der Waals surface area contributed by atoms with Crippen LogP contribution < -0.4 is 5.73 Å². The standard InChI is InChI=1S/C15H24N2O/c1-11-4-5-12(2)14(8-11)15(9-16)17-6-7-18-13(3)10-17/h4-5,8,13,15H,6-7,9-10,16H2,1-3H3. The molecule has 1 saturated heterocycles. The van der Waals surface area contributed by atoms with Crippen molar-refractivity contribution in [3.63, 3.8) is 0 Å². The third-order valence-electron chi connectivity index (χ3n) is 3.73. The predicted molar refractivity (Wildman–Crippen MR) is 74.7 cm³/mol. The van der Waals surface area contributed by atoms with E-state index in [4.69, 9.17) is 10.5 Å². The van der Waals surface area contributed by atoms with Crippen molar-refractivity contribution < 1.29 is 4.74 Å². The average molecular weight is 248 g/mol. The molecule has 1 aliphatic rings. The summed E-state index contributed by atoms with van der Waals surface area (Å²) >= 11 is 0. The Morgan fingerprint density at radius 3 is 2.89 bits per heavy atom. The summed E-state index contributed by atoms with van der Waals surface area (Å²) in [6.45, 7) is 9.84. The number of nitrogens with two attached hydrogens (primary N) is 1. The molecule has 3 nitrogen and oxygen atoms in total. The molecule has 0 radical (unpaired) electrons. The molecule has 0 aliphatic carbocycles. The molecule has 2 unspecified atom stereocenters. The summed E-state index contributed by atoms with van der Waals surface area (Å²) in [5.41, 5.74) is 10.0. The number of aryl methyl sites for hydroxylation is 2. The number of benzene rings is 1. The van der Waals surface area contributed by atoms with Crippen molar-refractivity contribution in [1.29, 1.82) is 0 Å². The zero-order valence-corrected chi connectivity index (χ0v) is 11.6. The highest BCUT2D eigenvalue weighted by atomic mass is 16.5. The topological polar surface area (TPSA) is 38.5 Å². The Balaban J connectivity index is 2.24. The number of rotatable bonds is 3. The maximum absolute atomic E-state index is 6.02. The quantitative estimate of drug-likeness (QED) is 0.889. The van der Waals surface area contributed by atoms with Gasteiger partial charge in [0.1, 0.15) is 0 Å². The van der Waals surface area contributed by atoms with E-state index >= 15 is 0 Å². The molecule has 0 amide bonds. The minimum absolute atomic E-state index is 0.304. The van der Waals surface area contributed by atoms with Crippen LogP contribution in [0.25, 0.3) is 0 Å². The second-order valence-corrected chi connectivity index (χ2v) is 5.29. The Morgan fingerprint density at radius 2 is 2.22 bits per heavy atom. The van der Waals surface area contributed by atoms with Crippen LogP contribution in [0, 0.1) is 13.8 Å². The summed E-state index contributed by atoms with van der Waals surface area (Å²) in [4.78, 5) is 2.45. The van der Waals surface area contributed by atoms with Gasteiger partial charge in [-0.15, -0.1) is 0 Å². The van der Waals surface area contributed by atoms with E-state index in [-0.39, 0.29) is 0 Å². The van der Waals surface area contributed by atoms with Crippen LogP contribution in [0.5, 0.6) is 0 Å². The fourth-order valence-corrected chi connectivity index (χ4v) is 2.72. The highest BCUT2D eigenvalue weighted by Gasteiger charge is 2.25. The van der Waals surface area contributed by atoms with E-state index in [1.807, 2.05) is 0 Å². The van der Waals surface area contributed by atoms with Crippen molar-refractivity contribution in [2.75, 3.05) is 26.2 Å². The van der Waals surface area contributed by atoms with Gasteiger partial charge in [0.15, 0.2) is 0 Å². The van der Waals surface area contributed by atoms with Gasteiger partial charge in [-0.05, 0) is 31.9 Å². The molecule has 1 fully saturated rings. The Bertz CT molecular complexity index is 405. The highest BCUT2D eigenvalue weighted by molar-refractivity contribution is 5.33. The summed E-state index contributed by atoms with van der Waals surface area (Å²) in [6, 6.07) is 6.94. The molecular formula is C15H24N2O. The molecule has 18 heavy (non-hydrogen) atoms. The minimum Gasteiger partial charge on any atom is -0.376 e. The van der Waals surface area contributed by atoms with Gasteiger partial charge in [-0.2, -0.15) is 0 Å². The average Bonchev–Trinajstić information content (AvgIpc) is 2.35. The van der Waals surface area contributed by atoms with Gasteiger partial charge in [-0.1, -0.05) is 23.8 Å². The van der Waals surface area contributed by atoms with Crippen LogP contribution in [0.1, 0.15) is 29.7 Å². The maximum Gasteiger partial charge on any atom is 0.0674 e. The first-order valence-electron chi connectivity index (χ1n) is 6.74. The molecule has 0 bridgehead atoms. The predicted octanol–water partition coefficient (Wildman–Crippen LogP) is 2.02. The molecule has 1 aromatic carbocycles. The Kier molecular flexibility index (Phi) is 4.38.